The topological polar surface area (TPSA) is 196 Å². The van der Waals surface area contributed by atoms with E-state index < -0.39 is 93.6 Å². The molecular formula is C35H42ClFN6O8S. The molecule has 4 amide bonds. The van der Waals surface area contributed by atoms with Crippen molar-refractivity contribution in [2.45, 2.75) is 63.7 Å². The molecule has 3 atom stereocenters. The van der Waals surface area contributed by atoms with Gasteiger partial charge in [0, 0.05) is 19.2 Å². The zero-order valence-electron chi connectivity index (χ0n) is 29.1. The normalized spacial score (nSPS) is 15.4. The molecule has 0 saturated carbocycles. The van der Waals surface area contributed by atoms with E-state index >= 15 is 0 Å². The Hall–Kier alpha value is -4.64. The van der Waals surface area contributed by atoms with Crippen LogP contribution in [0.25, 0.3) is 0 Å². The largest absolute Gasteiger partial charge is 0.397 e. The fourth-order valence-corrected chi connectivity index (χ4v) is 7.81. The number of carbonyl (C=O) groups is 3. The van der Waals surface area contributed by atoms with Crippen molar-refractivity contribution in [3.05, 3.63) is 98.8 Å². The highest BCUT2D eigenvalue weighted by molar-refractivity contribution is 7.89. The lowest BCUT2D eigenvalue weighted by molar-refractivity contribution is -0.385. The predicted octanol–water partition coefficient (Wildman–Crippen LogP) is 4.19. The number of rotatable bonds is 16. The number of urea groups is 1. The summed E-state index contributed by atoms with van der Waals surface area (Å²) in [5.41, 5.74) is 5.59. The molecule has 4 rings (SSSR count). The number of hydrogen-bond donors (Lipinski definition) is 3. The van der Waals surface area contributed by atoms with Crippen molar-refractivity contribution in [3.8, 4) is 0 Å². The summed E-state index contributed by atoms with van der Waals surface area (Å²) in [6.45, 7) is 5.21. The Bertz CT molecular complexity index is 1920. The number of nitrogens with one attached hydrogen (secondary N) is 1. The van der Waals surface area contributed by atoms with Crippen LogP contribution in [0.1, 0.15) is 38.8 Å². The van der Waals surface area contributed by atoms with Crippen molar-refractivity contribution < 1.29 is 37.2 Å². The number of aliphatic hydroxyl groups is 1. The molecule has 0 aliphatic carbocycles. The van der Waals surface area contributed by atoms with E-state index in [1.54, 1.807) is 44.2 Å². The second-order valence-corrected chi connectivity index (χ2v) is 15.7. The van der Waals surface area contributed by atoms with Gasteiger partial charge in [0.2, 0.25) is 15.9 Å². The van der Waals surface area contributed by atoms with Gasteiger partial charge in [-0.15, -0.1) is 0 Å². The minimum Gasteiger partial charge on any atom is -0.397 e. The third-order valence-corrected chi connectivity index (χ3v) is 10.8. The van der Waals surface area contributed by atoms with Gasteiger partial charge in [0.15, 0.2) is 0 Å². The number of nitro benzene ring substituents is 1. The lowest BCUT2D eigenvalue weighted by Crippen LogP contribution is -2.57. The molecule has 1 aliphatic rings. The standard InChI is InChI=1S/C35H42ClFN6O8S/c1-21(2)17-40(52(50,51)24-13-14-26(36)28(38)16-24)19-31(44)29(15-23-9-6-5-7-10-23)39-34(46)33(22(3)4)42-20-32(45)41(35(42)47)18-25-27(37)11-8-12-30(25)43(48)49/h5-14,16,21-22,29,31,33,44H,15,17-20,38H2,1-4H3,(H,39,46)/t29-,31-,33-/m0/s1. The van der Waals surface area contributed by atoms with Gasteiger partial charge in [0.25, 0.3) is 11.6 Å². The Morgan fingerprint density at radius 1 is 1.08 bits per heavy atom. The van der Waals surface area contributed by atoms with E-state index in [1.807, 2.05) is 13.8 Å². The van der Waals surface area contributed by atoms with Crippen LogP contribution in [0.15, 0.2) is 71.6 Å². The molecule has 0 bridgehead atoms. The molecule has 52 heavy (non-hydrogen) atoms. The number of nitrogen functional groups attached to an aromatic ring is 1. The van der Waals surface area contributed by atoms with Crippen LogP contribution in [0.3, 0.4) is 0 Å². The van der Waals surface area contributed by atoms with E-state index in [0.29, 0.717) is 10.5 Å². The van der Waals surface area contributed by atoms with Gasteiger partial charge < -0.3 is 21.1 Å². The van der Waals surface area contributed by atoms with Crippen LogP contribution in [-0.2, 0) is 32.6 Å². The molecule has 0 radical (unpaired) electrons. The molecular weight excluding hydrogens is 719 g/mol. The van der Waals surface area contributed by atoms with Crippen LogP contribution in [0, 0.1) is 27.8 Å². The number of aliphatic hydroxyl groups excluding tert-OH is 1. The highest BCUT2D eigenvalue weighted by Crippen LogP contribution is 2.28. The summed E-state index contributed by atoms with van der Waals surface area (Å²) < 4.78 is 43.5. The molecule has 0 aromatic heterocycles. The van der Waals surface area contributed by atoms with E-state index in [4.69, 9.17) is 17.3 Å². The molecule has 14 nitrogen and oxygen atoms in total. The van der Waals surface area contributed by atoms with Crippen LogP contribution in [0.2, 0.25) is 5.02 Å². The second-order valence-electron chi connectivity index (χ2n) is 13.3. The fraction of sp³-hybridized carbons (Fsp3) is 0.400. The second kappa shape index (κ2) is 16.8. The molecule has 4 N–H and O–H groups in total. The summed E-state index contributed by atoms with van der Waals surface area (Å²) in [4.78, 5) is 53.1. The van der Waals surface area contributed by atoms with E-state index in [0.717, 1.165) is 27.4 Å². The molecule has 0 spiro atoms. The minimum absolute atomic E-state index is 0.0168. The third-order valence-electron chi connectivity index (χ3n) is 8.58. The first-order chi connectivity index (χ1) is 24.4. The Morgan fingerprint density at radius 3 is 2.35 bits per heavy atom. The number of imide groups is 1. The maximum absolute atomic E-state index is 14.7. The van der Waals surface area contributed by atoms with Crippen LogP contribution in [0.4, 0.5) is 20.6 Å². The molecule has 0 unspecified atom stereocenters. The smallest absolute Gasteiger partial charge is 0.328 e. The van der Waals surface area contributed by atoms with E-state index in [1.165, 1.54) is 18.2 Å². The van der Waals surface area contributed by atoms with E-state index in [2.05, 4.69) is 5.32 Å². The zero-order chi connectivity index (χ0) is 38.5. The van der Waals surface area contributed by atoms with Crippen LogP contribution in [0.5, 0.6) is 0 Å². The van der Waals surface area contributed by atoms with Gasteiger partial charge in [-0.3, -0.25) is 24.6 Å². The number of carbonyl (C=O) groups excluding carboxylic acids is 3. The van der Waals surface area contributed by atoms with Crippen molar-refractivity contribution in [2.75, 3.05) is 25.4 Å². The predicted molar refractivity (Wildman–Crippen MR) is 192 cm³/mol. The molecule has 1 aliphatic heterocycles. The molecule has 280 valence electrons. The number of nitrogens with two attached hydrogens (primary N) is 1. The number of hydrogen-bond acceptors (Lipinski definition) is 9. The maximum atomic E-state index is 14.7. The summed E-state index contributed by atoms with van der Waals surface area (Å²) in [5.74, 6) is -3.25. The van der Waals surface area contributed by atoms with Crippen molar-refractivity contribution in [2.24, 2.45) is 11.8 Å². The van der Waals surface area contributed by atoms with E-state index in [9.17, 15) is 42.4 Å². The number of halogens is 2. The molecule has 1 fully saturated rings. The summed E-state index contributed by atoms with van der Waals surface area (Å²) in [7, 11) is -4.21. The van der Waals surface area contributed by atoms with Crippen molar-refractivity contribution in [1.29, 1.82) is 0 Å². The SMILES string of the molecule is CC(C)CN(C[C@H](O)[C@H](Cc1ccccc1)NC(=O)[C@H](C(C)C)N1CC(=O)N(Cc2c(F)cccc2[N+](=O)[O-])C1=O)S(=O)(=O)c1ccc(Cl)c(N)c1. The highest BCUT2D eigenvalue weighted by atomic mass is 35.5. The first-order valence-electron chi connectivity index (χ1n) is 16.5. The summed E-state index contributed by atoms with van der Waals surface area (Å²) in [5, 5.41) is 26.2. The molecule has 17 heteroatoms. The quantitative estimate of drug-likeness (QED) is 0.0830. The molecule has 1 saturated heterocycles. The van der Waals surface area contributed by atoms with Crippen LogP contribution < -0.4 is 11.1 Å². The van der Waals surface area contributed by atoms with Gasteiger partial charge in [0.05, 0.1) is 44.8 Å². The monoisotopic (exact) mass is 760 g/mol. The number of nitrogens with zero attached hydrogens (tertiary/aromatic N) is 4. The number of benzene rings is 3. The fourth-order valence-electron chi connectivity index (χ4n) is 6.04. The number of anilines is 1. The Morgan fingerprint density at radius 2 is 1.75 bits per heavy atom. The summed E-state index contributed by atoms with van der Waals surface area (Å²) >= 11 is 6.03. The molecule has 3 aromatic carbocycles. The first-order valence-corrected chi connectivity index (χ1v) is 18.3. The van der Waals surface area contributed by atoms with E-state index in [-0.39, 0.29) is 34.5 Å². The van der Waals surface area contributed by atoms with Crippen LogP contribution >= 0.6 is 11.6 Å². The third kappa shape index (κ3) is 9.23. The van der Waals surface area contributed by atoms with Gasteiger partial charge in [-0.05, 0) is 48.1 Å². The maximum Gasteiger partial charge on any atom is 0.328 e. The van der Waals surface area contributed by atoms with Gasteiger partial charge in [0.1, 0.15) is 18.4 Å². The number of nitro groups is 1. The Labute approximate surface area is 306 Å². The first kappa shape index (κ1) is 40.1. The lowest BCUT2D eigenvalue weighted by Gasteiger charge is -2.34. The average molecular weight is 761 g/mol. The Balaban J connectivity index is 1.62. The number of sulfonamides is 1. The molecule has 3 aromatic rings. The van der Waals surface area contributed by atoms with Crippen molar-refractivity contribution in [1.82, 2.24) is 19.4 Å². The van der Waals surface area contributed by atoms with Gasteiger partial charge >= 0.3 is 6.03 Å². The van der Waals surface area contributed by atoms with Crippen molar-refractivity contribution >= 4 is 50.8 Å². The zero-order valence-corrected chi connectivity index (χ0v) is 30.7. The van der Waals surface area contributed by atoms with Gasteiger partial charge in [-0.2, -0.15) is 4.31 Å². The van der Waals surface area contributed by atoms with Crippen molar-refractivity contribution in [3.63, 3.8) is 0 Å². The van der Waals surface area contributed by atoms with Gasteiger partial charge in [-0.1, -0.05) is 75.7 Å². The summed E-state index contributed by atoms with van der Waals surface area (Å²) in [6.07, 6.45) is -1.40. The highest BCUT2D eigenvalue weighted by Gasteiger charge is 2.45. The summed E-state index contributed by atoms with van der Waals surface area (Å²) in [6, 6.07) is 12.6. The average Bonchev–Trinajstić information content (AvgIpc) is 3.34. The number of amides is 4. The van der Waals surface area contributed by atoms with Crippen LogP contribution in [-0.4, -0.2) is 88.2 Å². The molecule has 1 heterocycles. The Kier molecular flexibility index (Phi) is 13.0. The minimum atomic E-state index is -4.21. The lowest BCUT2D eigenvalue weighted by atomic mass is 9.97. The van der Waals surface area contributed by atoms with Gasteiger partial charge in [-0.25, -0.2) is 17.6 Å².